The third kappa shape index (κ3) is 2.85. The van der Waals surface area contributed by atoms with Crippen LogP contribution in [0.2, 0.25) is 0 Å². The summed E-state index contributed by atoms with van der Waals surface area (Å²) in [6.45, 7) is 4.17. The van der Waals surface area contributed by atoms with Gasteiger partial charge in [-0.2, -0.15) is 0 Å². The molecule has 0 radical (unpaired) electrons. The first-order valence-electron chi connectivity index (χ1n) is 6.16. The van der Waals surface area contributed by atoms with Gasteiger partial charge in [0.05, 0.1) is 0 Å². The Balaban J connectivity index is 2.33. The number of ether oxygens (including phenoxy) is 1. The Morgan fingerprint density at radius 2 is 1.83 bits per heavy atom. The van der Waals surface area contributed by atoms with Crippen LogP contribution in [-0.4, -0.2) is 0 Å². The highest BCUT2D eigenvalue weighted by atomic mass is 35.5. The van der Waals surface area contributed by atoms with Crippen LogP contribution in [0.3, 0.4) is 0 Å². The van der Waals surface area contributed by atoms with Crippen LogP contribution >= 0.6 is 11.6 Å². The Bertz CT molecular complexity index is 534. The molecule has 0 amide bonds. The lowest BCUT2D eigenvalue weighted by Crippen LogP contribution is -1.93. The van der Waals surface area contributed by atoms with Crippen molar-refractivity contribution in [1.29, 1.82) is 0 Å². The van der Waals surface area contributed by atoms with Crippen LogP contribution in [0, 0.1) is 6.92 Å². The van der Waals surface area contributed by atoms with Crippen molar-refractivity contribution in [1.82, 2.24) is 0 Å². The smallest absolute Gasteiger partial charge is 0.130 e. The van der Waals surface area contributed by atoms with E-state index in [4.69, 9.17) is 16.3 Å². The van der Waals surface area contributed by atoms with E-state index in [1.54, 1.807) is 0 Å². The number of benzene rings is 2. The van der Waals surface area contributed by atoms with Gasteiger partial charge in [-0.05, 0) is 42.2 Å². The fourth-order valence-corrected chi connectivity index (χ4v) is 2.02. The minimum absolute atomic E-state index is 0.506. The Labute approximate surface area is 113 Å². The van der Waals surface area contributed by atoms with E-state index in [1.807, 2.05) is 43.3 Å². The Hall–Kier alpha value is -1.47. The van der Waals surface area contributed by atoms with Crippen molar-refractivity contribution in [2.75, 3.05) is 0 Å². The molecule has 0 N–H and O–H groups in total. The Morgan fingerprint density at radius 3 is 2.56 bits per heavy atom. The van der Waals surface area contributed by atoms with E-state index >= 15 is 0 Å². The zero-order valence-corrected chi connectivity index (χ0v) is 11.5. The molecule has 2 aromatic rings. The van der Waals surface area contributed by atoms with Gasteiger partial charge in [-0.1, -0.05) is 37.3 Å². The minimum atomic E-state index is 0.506. The van der Waals surface area contributed by atoms with Gasteiger partial charge in [-0.15, -0.1) is 11.6 Å². The van der Waals surface area contributed by atoms with Crippen molar-refractivity contribution in [2.24, 2.45) is 0 Å². The van der Waals surface area contributed by atoms with Gasteiger partial charge in [0.1, 0.15) is 11.5 Å². The minimum Gasteiger partial charge on any atom is -0.457 e. The molecule has 0 aliphatic heterocycles. The molecular formula is C16H17ClO. The number of alkyl halides is 1. The lowest BCUT2D eigenvalue weighted by molar-refractivity contribution is 0.473. The summed E-state index contributed by atoms with van der Waals surface area (Å²) < 4.78 is 6.02. The molecule has 0 aromatic heterocycles. The number of hydrogen-bond acceptors (Lipinski definition) is 1. The van der Waals surface area contributed by atoms with Gasteiger partial charge in [0, 0.05) is 5.88 Å². The van der Waals surface area contributed by atoms with Crippen LogP contribution in [0.25, 0.3) is 0 Å². The molecule has 0 aliphatic rings. The first-order chi connectivity index (χ1) is 8.74. The normalized spacial score (nSPS) is 10.4. The molecule has 18 heavy (non-hydrogen) atoms. The Morgan fingerprint density at radius 1 is 1.06 bits per heavy atom. The molecular weight excluding hydrogens is 244 g/mol. The molecule has 2 heteroatoms. The summed E-state index contributed by atoms with van der Waals surface area (Å²) in [5.74, 6) is 2.32. The van der Waals surface area contributed by atoms with Gasteiger partial charge in [-0.3, -0.25) is 0 Å². The van der Waals surface area contributed by atoms with Crippen LogP contribution in [0.5, 0.6) is 11.5 Å². The van der Waals surface area contributed by atoms with Crippen LogP contribution in [0.4, 0.5) is 0 Å². The lowest BCUT2D eigenvalue weighted by Gasteiger charge is -2.12. The van der Waals surface area contributed by atoms with Gasteiger partial charge in [-0.25, -0.2) is 0 Å². The van der Waals surface area contributed by atoms with Crippen LogP contribution in [-0.2, 0) is 12.3 Å². The summed E-state index contributed by atoms with van der Waals surface area (Å²) in [5.41, 5.74) is 3.41. The van der Waals surface area contributed by atoms with Crippen molar-refractivity contribution < 1.29 is 4.74 Å². The second-order valence-electron chi connectivity index (χ2n) is 4.30. The molecule has 0 spiro atoms. The van der Waals surface area contributed by atoms with Crippen molar-refractivity contribution >= 4 is 11.6 Å². The molecule has 0 fully saturated rings. The lowest BCUT2D eigenvalue weighted by atomic mass is 10.1. The predicted molar refractivity (Wildman–Crippen MR) is 76.6 cm³/mol. The summed E-state index contributed by atoms with van der Waals surface area (Å²) in [6.07, 6.45) is 0.963. The van der Waals surface area contributed by atoms with Gasteiger partial charge < -0.3 is 4.74 Å². The van der Waals surface area contributed by atoms with Gasteiger partial charge in [0.2, 0.25) is 0 Å². The number of rotatable bonds is 4. The monoisotopic (exact) mass is 260 g/mol. The number of para-hydroxylation sites is 1. The van der Waals surface area contributed by atoms with E-state index in [2.05, 4.69) is 13.0 Å². The maximum Gasteiger partial charge on any atom is 0.130 e. The molecule has 1 nitrogen and oxygen atoms in total. The van der Waals surface area contributed by atoms with Crippen LogP contribution < -0.4 is 4.74 Å². The van der Waals surface area contributed by atoms with E-state index in [1.165, 1.54) is 5.56 Å². The highest BCUT2D eigenvalue weighted by Gasteiger charge is 2.06. The third-order valence-corrected chi connectivity index (χ3v) is 3.29. The fraction of sp³-hybridized carbons (Fsp3) is 0.250. The molecule has 0 aliphatic carbocycles. The second kappa shape index (κ2) is 5.92. The zero-order chi connectivity index (χ0) is 13.0. The second-order valence-corrected chi connectivity index (χ2v) is 4.56. The van der Waals surface area contributed by atoms with Crippen LogP contribution in [0.1, 0.15) is 23.6 Å². The summed E-state index contributed by atoms with van der Waals surface area (Å²) >= 11 is 5.86. The van der Waals surface area contributed by atoms with Crippen molar-refractivity contribution in [3.05, 3.63) is 59.2 Å². The molecule has 0 bridgehead atoms. The maximum absolute atomic E-state index is 6.02. The first-order valence-corrected chi connectivity index (χ1v) is 6.69. The number of halogens is 1. The molecule has 0 saturated carbocycles. The molecule has 0 atom stereocenters. The average molecular weight is 261 g/mol. The Kier molecular flexibility index (Phi) is 4.27. The summed E-state index contributed by atoms with van der Waals surface area (Å²) in [7, 11) is 0. The van der Waals surface area contributed by atoms with E-state index in [9.17, 15) is 0 Å². The fourth-order valence-electron chi connectivity index (χ4n) is 1.85. The molecule has 0 saturated heterocycles. The topological polar surface area (TPSA) is 9.23 Å². The summed E-state index contributed by atoms with van der Waals surface area (Å²) in [4.78, 5) is 0. The zero-order valence-electron chi connectivity index (χ0n) is 10.7. The largest absolute Gasteiger partial charge is 0.457 e. The highest BCUT2D eigenvalue weighted by molar-refractivity contribution is 6.17. The van der Waals surface area contributed by atoms with Crippen molar-refractivity contribution in [2.45, 2.75) is 26.1 Å². The highest BCUT2D eigenvalue weighted by Crippen LogP contribution is 2.29. The van der Waals surface area contributed by atoms with Crippen molar-refractivity contribution in [3.63, 3.8) is 0 Å². The molecule has 94 valence electrons. The third-order valence-electron chi connectivity index (χ3n) is 2.98. The quantitative estimate of drug-likeness (QED) is 0.696. The summed E-state index contributed by atoms with van der Waals surface area (Å²) in [6, 6.07) is 14.2. The van der Waals surface area contributed by atoms with E-state index in [0.717, 1.165) is 29.0 Å². The maximum atomic E-state index is 6.02. The first kappa shape index (κ1) is 13.0. The van der Waals surface area contributed by atoms with Gasteiger partial charge in [0.15, 0.2) is 0 Å². The van der Waals surface area contributed by atoms with Gasteiger partial charge >= 0.3 is 0 Å². The molecule has 0 heterocycles. The number of hydrogen-bond donors (Lipinski definition) is 0. The van der Waals surface area contributed by atoms with Gasteiger partial charge in [0.25, 0.3) is 0 Å². The van der Waals surface area contributed by atoms with Crippen molar-refractivity contribution in [3.8, 4) is 11.5 Å². The predicted octanol–water partition coefficient (Wildman–Crippen LogP) is 5.09. The number of aryl methyl sites for hydroxylation is 2. The molecule has 0 unspecified atom stereocenters. The van der Waals surface area contributed by atoms with Crippen LogP contribution in [0.15, 0.2) is 42.5 Å². The van der Waals surface area contributed by atoms with E-state index < -0.39 is 0 Å². The average Bonchev–Trinajstić information content (AvgIpc) is 2.42. The SMILES string of the molecule is CCc1ccccc1Oc1cc(CCl)ccc1C. The van der Waals surface area contributed by atoms with E-state index in [0.29, 0.717) is 5.88 Å². The molecule has 2 rings (SSSR count). The summed E-state index contributed by atoms with van der Waals surface area (Å²) in [5, 5.41) is 0. The standard InChI is InChI=1S/C16H17ClO/c1-3-14-6-4-5-7-15(14)18-16-10-13(11-17)9-8-12(16)2/h4-10H,3,11H2,1-2H3. The van der Waals surface area contributed by atoms with E-state index in [-0.39, 0.29) is 0 Å². The molecule has 2 aromatic carbocycles.